The van der Waals surface area contributed by atoms with Crippen molar-refractivity contribution in [3.05, 3.63) is 17.5 Å². The molecule has 6 nitrogen and oxygen atoms in total. The van der Waals surface area contributed by atoms with Crippen LogP contribution < -0.4 is 5.32 Å². The second-order valence-electron chi connectivity index (χ2n) is 8.40. The molecule has 3 heterocycles. The Morgan fingerprint density at radius 1 is 1.32 bits per heavy atom. The summed E-state index contributed by atoms with van der Waals surface area (Å²) in [5, 5.41) is 8.18. The summed E-state index contributed by atoms with van der Waals surface area (Å²) in [6, 6.07) is 0.242. The van der Waals surface area contributed by atoms with E-state index in [1.165, 1.54) is 24.1 Å². The molecule has 0 saturated carbocycles. The molecule has 1 aromatic heterocycles. The van der Waals surface area contributed by atoms with E-state index < -0.39 is 5.60 Å². The zero-order valence-corrected chi connectivity index (χ0v) is 16.0. The highest BCUT2D eigenvalue weighted by Gasteiger charge is 2.30. The molecule has 0 spiro atoms. The van der Waals surface area contributed by atoms with Crippen LogP contribution in [0.1, 0.15) is 69.7 Å². The number of rotatable bonds is 2. The topological polar surface area (TPSA) is 59.4 Å². The van der Waals surface area contributed by atoms with E-state index in [4.69, 9.17) is 9.84 Å². The maximum atomic E-state index is 12.4. The molecule has 2 atom stereocenters. The van der Waals surface area contributed by atoms with E-state index in [0.717, 1.165) is 32.5 Å². The van der Waals surface area contributed by atoms with Crippen LogP contribution in [0.5, 0.6) is 0 Å². The molecule has 25 heavy (non-hydrogen) atoms. The number of carbonyl (C=O) groups excluding carboxylic acids is 1. The first-order valence-corrected chi connectivity index (χ1v) is 9.58. The average Bonchev–Trinajstić information content (AvgIpc) is 2.96. The van der Waals surface area contributed by atoms with Crippen molar-refractivity contribution in [3.63, 3.8) is 0 Å². The van der Waals surface area contributed by atoms with Crippen molar-refractivity contribution in [2.45, 2.75) is 70.9 Å². The van der Waals surface area contributed by atoms with Crippen LogP contribution in [0, 0.1) is 6.92 Å². The number of amides is 1. The zero-order valence-electron chi connectivity index (χ0n) is 16.0. The summed E-state index contributed by atoms with van der Waals surface area (Å²) in [6.07, 6.45) is 6.34. The fourth-order valence-corrected chi connectivity index (χ4v) is 3.97. The maximum Gasteiger partial charge on any atom is 0.410 e. The third-order valence-electron chi connectivity index (χ3n) is 5.21. The van der Waals surface area contributed by atoms with E-state index in [1.807, 2.05) is 31.9 Å². The largest absolute Gasteiger partial charge is 0.444 e. The zero-order chi connectivity index (χ0) is 18.0. The molecule has 6 heteroatoms. The first kappa shape index (κ1) is 18.2. The summed E-state index contributed by atoms with van der Waals surface area (Å²) < 4.78 is 7.68. The van der Waals surface area contributed by atoms with Gasteiger partial charge in [0.1, 0.15) is 5.60 Å². The van der Waals surface area contributed by atoms with Crippen molar-refractivity contribution in [2.24, 2.45) is 0 Å². The smallest absolute Gasteiger partial charge is 0.410 e. The number of aromatic nitrogens is 2. The van der Waals surface area contributed by atoms with Crippen LogP contribution in [0.2, 0.25) is 0 Å². The second-order valence-corrected chi connectivity index (χ2v) is 8.40. The molecule has 0 bridgehead atoms. The summed E-state index contributed by atoms with van der Waals surface area (Å²) >= 11 is 0. The Bertz CT molecular complexity index is 599. The van der Waals surface area contributed by atoms with Crippen molar-refractivity contribution in [3.8, 4) is 0 Å². The lowest BCUT2D eigenvalue weighted by Gasteiger charge is -2.34. The number of nitrogens with one attached hydrogen (secondary N) is 1. The van der Waals surface area contributed by atoms with Gasteiger partial charge in [-0.15, -0.1) is 0 Å². The molecular formula is C19H32N4O2. The molecule has 2 fully saturated rings. The van der Waals surface area contributed by atoms with E-state index >= 15 is 0 Å². The third kappa shape index (κ3) is 4.35. The summed E-state index contributed by atoms with van der Waals surface area (Å²) in [7, 11) is 0. The molecule has 0 radical (unpaired) electrons. The van der Waals surface area contributed by atoms with Crippen LogP contribution in [-0.4, -0.2) is 52.6 Å². The van der Waals surface area contributed by atoms with Crippen molar-refractivity contribution < 1.29 is 9.53 Å². The number of ether oxygens (including phenoxy) is 1. The fourth-order valence-electron chi connectivity index (χ4n) is 3.97. The van der Waals surface area contributed by atoms with Gasteiger partial charge in [-0.05, 0) is 71.4 Å². The second kappa shape index (κ2) is 7.36. The van der Waals surface area contributed by atoms with E-state index in [2.05, 4.69) is 16.9 Å². The van der Waals surface area contributed by atoms with Crippen LogP contribution in [0.25, 0.3) is 0 Å². The van der Waals surface area contributed by atoms with Gasteiger partial charge in [-0.3, -0.25) is 4.68 Å². The number of piperidine rings is 2. The molecule has 2 unspecified atom stereocenters. The van der Waals surface area contributed by atoms with Crippen molar-refractivity contribution >= 4 is 6.09 Å². The fraction of sp³-hybridized carbons (Fsp3) is 0.789. The predicted molar refractivity (Wildman–Crippen MR) is 97.9 cm³/mol. The number of likely N-dealkylation sites (tertiary alicyclic amines) is 1. The molecule has 2 saturated heterocycles. The lowest BCUT2D eigenvalue weighted by molar-refractivity contribution is 0.0166. The van der Waals surface area contributed by atoms with Gasteiger partial charge in [-0.2, -0.15) is 5.10 Å². The summed E-state index contributed by atoms with van der Waals surface area (Å²) in [6.45, 7) is 11.5. The van der Waals surface area contributed by atoms with Crippen molar-refractivity contribution in [1.82, 2.24) is 20.0 Å². The van der Waals surface area contributed by atoms with Crippen molar-refractivity contribution in [1.29, 1.82) is 0 Å². The summed E-state index contributed by atoms with van der Waals surface area (Å²) in [5.41, 5.74) is 2.17. The average molecular weight is 348 g/mol. The normalized spacial score (nSPS) is 25.0. The minimum Gasteiger partial charge on any atom is -0.444 e. The SMILES string of the molecule is Cc1c(C2CCCNC2)cnn1C1CCCN(C(=O)OC(C)(C)C)C1. The molecule has 0 aromatic carbocycles. The molecule has 1 amide bonds. The van der Waals surface area contributed by atoms with E-state index in [-0.39, 0.29) is 12.1 Å². The Kier molecular flexibility index (Phi) is 5.37. The van der Waals surface area contributed by atoms with Crippen LogP contribution in [0.15, 0.2) is 6.20 Å². The van der Waals surface area contributed by atoms with Crippen LogP contribution in [0.4, 0.5) is 4.79 Å². The minimum atomic E-state index is -0.452. The quantitative estimate of drug-likeness (QED) is 0.891. The number of nitrogens with zero attached hydrogens (tertiary/aromatic N) is 3. The van der Waals surface area contributed by atoms with Gasteiger partial charge in [0.15, 0.2) is 0 Å². The van der Waals surface area contributed by atoms with Crippen LogP contribution in [-0.2, 0) is 4.74 Å². The highest BCUT2D eigenvalue weighted by atomic mass is 16.6. The van der Waals surface area contributed by atoms with Gasteiger partial charge in [0.25, 0.3) is 0 Å². The first-order valence-electron chi connectivity index (χ1n) is 9.58. The van der Waals surface area contributed by atoms with Gasteiger partial charge in [-0.1, -0.05) is 0 Å². The molecular weight excluding hydrogens is 316 g/mol. The van der Waals surface area contributed by atoms with E-state index in [0.29, 0.717) is 12.5 Å². The highest BCUT2D eigenvalue weighted by molar-refractivity contribution is 5.68. The molecule has 2 aliphatic rings. The number of hydrogen-bond acceptors (Lipinski definition) is 4. The molecule has 0 aliphatic carbocycles. The predicted octanol–water partition coefficient (Wildman–Crippen LogP) is 3.23. The molecule has 1 aromatic rings. The standard InChI is InChI=1S/C19H32N4O2/c1-14-17(15-7-5-9-20-11-15)12-21-23(14)16-8-6-10-22(13-16)18(24)25-19(2,3)4/h12,15-16,20H,5-11,13H2,1-4H3. The van der Waals surface area contributed by atoms with Gasteiger partial charge >= 0.3 is 6.09 Å². The highest BCUT2D eigenvalue weighted by Crippen LogP contribution is 2.30. The van der Waals surface area contributed by atoms with Gasteiger partial charge in [0.05, 0.1) is 12.2 Å². The van der Waals surface area contributed by atoms with Gasteiger partial charge in [0.2, 0.25) is 0 Å². The van der Waals surface area contributed by atoms with Gasteiger partial charge in [0, 0.05) is 25.3 Å². The summed E-state index contributed by atoms with van der Waals surface area (Å²) in [5.74, 6) is 0.563. The van der Waals surface area contributed by atoms with Gasteiger partial charge in [-0.25, -0.2) is 4.79 Å². The lowest BCUT2D eigenvalue weighted by Crippen LogP contribution is -2.43. The van der Waals surface area contributed by atoms with Gasteiger partial charge < -0.3 is 15.0 Å². The van der Waals surface area contributed by atoms with Crippen LogP contribution >= 0.6 is 0 Å². The molecule has 1 N–H and O–H groups in total. The van der Waals surface area contributed by atoms with Crippen molar-refractivity contribution in [2.75, 3.05) is 26.2 Å². The molecule has 3 rings (SSSR count). The number of carbonyl (C=O) groups is 1. The first-order chi connectivity index (χ1) is 11.8. The molecule has 140 valence electrons. The Labute approximate surface area is 150 Å². The minimum absolute atomic E-state index is 0.210. The summed E-state index contributed by atoms with van der Waals surface area (Å²) in [4.78, 5) is 14.2. The number of hydrogen-bond donors (Lipinski definition) is 1. The Balaban J connectivity index is 1.69. The van der Waals surface area contributed by atoms with E-state index in [9.17, 15) is 4.79 Å². The molecule has 2 aliphatic heterocycles. The Morgan fingerprint density at radius 3 is 2.80 bits per heavy atom. The Morgan fingerprint density at radius 2 is 2.12 bits per heavy atom. The van der Waals surface area contributed by atoms with Crippen LogP contribution in [0.3, 0.4) is 0 Å². The monoisotopic (exact) mass is 348 g/mol. The van der Waals surface area contributed by atoms with E-state index in [1.54, 1.807) is 0 Å². The lowest BCUT2D eigenvalue weighted by atomic mass is 9.92. The Hall–Kier alpha value is -1.56. The third-order valence-corrected chi connectivity index (χ3v) is 5.21. The maximum absolute atomic E-state index is 12.4.